The van der Waals surface area contributed by atoms with Crippen LogP contribution in [0.1, 0.15) is 51.9 Å². The fourth-order valence-electron chi connectivity index (χ4n) is 2.93. The van der Waals surface area contributed by atoms with Crippen LogP contribution in [0, 0.1) is 5.92 Å². The molecule has 16 heavy (non-hydrogen) atoms. The van der Waals surface area contributed by atoms with Gasteiger partial charge in [-0.05, 0) is 18.8 Å². The Balaban J connectivity index is 1.71. The number of nitrogens with zero attached hydrogens (tertiary/aromatic N) is 1. The predicted octanol–water partition coefficient (Wildman–Crippen LogP) is 2.12. The largest absolute Gasteiger partial charge is 0.329 e. The summed E-state index contributed by atoms with van der Waals surface area (Å²) < 4.78 is 0. The Bertz CT molecular complexity index is 236. The average molecular weight is 224 g/mol. The standard InChI is InChI=1S/C13H24N2O/c1-2-12-13(16)15(10-14-12)9-8-11-6-4-3-5-7-11/h11-12,14H,2-10H2,1H3. The van der Waals surface area contributed by atoms with Gasteiger partial charge in [-0.3, -0.25) is 10.1 Å². The molecule has 0 aromatic rings. The lowest BCUT2D eigenvalue weighted by Gasteiger charge is -2.24. The maximum absolute atomic E-state index is 11.9. The fourth-order valence-corrected chi connectivity index (χ4v) is 2.93. The summed E-state index contributed by atoms with van der Waals surface area (Å²) in [4.78, 5) is 13.9. The third-order valence-electron chi connectivity index (χ3n) is 4.08. The molecule has 0 spiro atoms. The topological polar surface area (TPSA) is 32.3 Å². The molecule has 1 aliphatic heterocycles. The lowest BCUT2D eigenvalue weighted by molar-refractivity contribution is -0.129. The highest BCUT2D eigenvalue weighted by Gasteiger charge is 2.29. The van der Waals surface area contributed by atoms with E-state index in [0.717, 1.165) is 25.6 Å². The van der Waals surface area contributed by atoms with E-state index in [4.69, 9.17) is 0 Å². The van der Waals surface area contributed by atoms with Crippen molar-refractivity contribution in [1.29, 1.82) is 0 Å². The Hall–Kier alpha value is -0.570. The molecule has 1 saturated heterocycles. The summed E-state index contributed by atoms with van der Waals surface area (Å²) >= 11 is 0. The Morgan fingerprint density at radius 2 is 2.06 bits per heavy atom. The van der Waals surface area contributed by atoms with Crippen molar-refractivity contribution in [1.82, 2.24) is 10.2 Å². The van der Waals surface area contributed by atoms with Gasteiger partial charge in [-0.25, -0.2) is 0 Å². The molecule has 2 fully saturated rings. The van der Waals surface area contributed by atoms with Gasteiger partial charge < -0.3 is 4.90 Å². The number of carbonyl (C=O) groups is 1. The molecule has 1 saturated carbocycles. The Morgan fingerprint density at radius 3 is 2.69 bits per heavy atom. The monoisotopic (exact) mass is 224 g/mol. The van der Waals surface area contributed by atoms with Gasteiger partial charge in [-0.1, -0.05) is 39.0 Å². The van der Waals surface area contributed by atoms with Crippen LogP contribution in [-0.2, 0) is 4.79 Å². The average Bonchev–Trinajstić information content (AvgIpc) is 2.69. The molecule has 0 radical (unpaired) electrons. The molecule has 1 N–H and O–H groups in total. The van der Waals surface area contributed by atoms with Crippen molar-refractivity contribution in [3.05, 3.63) is 0 Å². The lowest BCUT2D eigenvalue weighted by atomic mass is 9.87. The van der Waals surface area contributed by atoms with Crippen LogP contribution in [0.25, 0.3) is 0 Å². The summed E-state index contributed by atoms with van der Waals surface area (Å²) in [5.41, 5.74) is 0. The SMILES string of the molecule is CCC1NCN(CCC2CCCCC2)C1=O. The minimum absolute atomic E-state index is 0.0892. The van der Waals surface area contributed by atoms with E-state index >= 15 is 0 Å². The molecule has 3 heteroatoms. The number of hydrogen-bond donors (Lipinski definition) is 1. The number of hydrogen-bond acceptors (Lipinski definition) is 2. The second-order valence-corrected chi connectivity index (χ2v) is 5.22. The van der Waals surface area contributed by atoms with Crippen LogP contribution >= 0.6 is 0 Å². The molecular weight excluding hydrogens is 200 g/mol. The second kappa shape index (κ2) is 5.67. The minimum atomic E-state index is 0.0892. The first-order chi connectivity index (χ1) is 7.81. The first-order valence-electron chi connectivity index (χ1n) is 6.83. The number of amides is 1. The Morgan fingerprint density at radius 1 is 1.31 bits per heavy atom. The summed E-state index contributed by atoms with van der Waals surface area (Å²) in [5.74, 6) is 1.19. The zero-order valence-electron chi connectivity index (χ0n) is 10.4. The Kier molecular flexibility index (Phi) is 4.22. The maximum atomic E-state index is 11.9. The molecule has 2 aliphatic rings. The first-order valence-corrected chi connectivity index (χ1v) is 6.83. The van der Waals surface area contributed by atoms with E-state index in [0.29, 0.717) is 5.91 Å². The summed E-state index contributed by atoms with van der Waals surface area (Å²) in [6.07, 6.45) is 9.10. The number of nitrogens with one attached hydrogen (secondary N) is 1. The van der Waals surface area contributed by atoms with E-state index in [1.807, 2.05) is 4.90 Å². The fraction of sp³-hybridized carbons (Fsp3) is 0.923. The van der Waals surface area contributed by atoms with Crippen molar-refractivity contribution in [2.45, 2.75) is 57.9 Å². The van der Waals surface area contributed by atoms with Gasteiger partial charge in [0.25, 0.3) is 0 Å². The van der Waals surface area contributed by atoms with Crippen molar-refractivity contribution in [2.75, 3.05) is 13.2 Å². The first kappa shape index (κ1) is 11.9. The second-order valence-electron chi connectivity index (χ2n) is 5.22. The molecule has 0 aromatic carbocycles. The highest BCUT2D eigenvalue weighted by molar-refractivity contribution is 5.83. The highest BCUT2D eigenvalue weighted by atomic mass is 16.2. The zero-order chi connectivity index (χ0) is 11.4. The van der Waals surface area contributed by atoms with Crippen LogP contribution in [0.3, 0.4) is 0 Å². The van der Waals surface area contributed by atoms with Crippen molar-refractivity contribution in [3.63, 3.8) is 0 Å². The van der Waals surface area contributed by atoms with Crippen LogP contribution in [-0.4, -0.2) is 30.1 Å². The van der Waals surface area contributed by atoms with E-state index < -0.39 is 0 Å². The van der Waals surface area contributed by atoms with Crippen LogP contribution in [0.5, 0.6) is 0 Å². The van der Waals surface area contributed by atoms with Crippen molar-refractivity contribution in [2.24, 2.45) is 5.92 Å². The number of carbonyl (C=O) groups excluding carboxylic acids is 1. The third kappa shape index (κ3) is 2.76. The molecule has 3 nitrogen and oxygen atoms in total. The van der Waals surface area contributed by atoms with Crippen LogP contribution < -0.4 is 5.32 Å². The van der Waals surface area contributed by atoms with Gasteiger partial charge in [-0.15, -0.1) is 0 Å². The lowest BCUT2D eigenvalue weighted by Crippen LogP contribution is -2.31. The summed E-state index contributed by atoms with van der Waals surface area (Å²) in [7, 11) is 0. The van der Waals surface area contributed by atoms with Crippen LogP contribution in [0.4, 0.5) is 0 Å². The number of rotatable bonds is 4. The van der Waals surface area contributed by atoms with Gasteiger partial charge in [0.2, 0.25) is 5.91 Å². The smallest absolute Gasteiger partial charge is 0.240 e. The summed E-state index contributed by atoms with van der Waals surface area (Å²) in [5, 5.41) is 3.27. The van der Waals surface area contributed by atoms with Gasteiger partial charge in [0.05, 0.1) is 12.7 Å². The molecule has 92 valence electrons. The molecular formula is C13H24N2O. The molecule has 0 bridgehead atoms. The van der Waals surface area contributed by atoms with E-state index in [9.17, 15) is 4.79 Å². The van der Waals surface area contributed by atoms with E-state index in [1.165, 1.54) is 38.5 Å². The molecule has 0 aromatic heterocycles. The van der Waals surface area contributed by atoms with Crippen LogP contribution in [0.2, 0.25) is 0 Å². The van der Waals surface area contributed by atoms with Gasteiger partial charge in [-0.2, -0.15) is 0 Å². The predicted molar refractivity (Wildman–Crippen MR) is 65.0 cm³/mol. The van der Waals surface area contributed by atoms with Gasteiger partial charge >= 0.3 is 0 Å². The molecule has 1 heterocycles. The zero-order valence-corrected chi connectivity index (χ0v) is 10.4. The van der Waals surface area contributed by atoms with Crippen molar-refractivity contribution < 1.29 is 4.79 Å². The van der Waals surface area contributed by atoms with Crippen LogP contribution in [0.15, 0.2) is 0 Å². The highest BCUT2D eigenvalue weighted by Crippen LogP contribution is 2.26. The Labute approximate surface area is 98.6 Å². The van der Waals surface area contributed by atoms with Crippen molar-refractivity contribution >= 4 is 5.91 Å². The quantitative estimate of drug-likeness (QED) is 0.793. The van der Waals surface area contributed by atoms with E-state index in [-0.39, 0.29) is 6.04 Å². The van der Waals surface area contributed by atoms with Gasteiger partial charge in [0, 0.05) is 6.54 Å². The molecule has 1 aliphatic carbocycles. The minimum Gasteiger partial charge on any atom is -0.329 e. The maximum Gasteiger partial charge on any atom is 0.240 e. The summed E-state index contributed by atoms with van der Waals surface area (Å²) in [6.45, 7) is 3.80. The summed E-state index contributed by atoms with van der Waals surface area (Å²) in [6, 6.07) is 0.0892. The van der Waals surface area contributed by atoms with Gasteiger partial charge in [0.15, 0.2) is 0 Å². The van der Waals surface area contributed by atoms with E-state index in [2.05, 4.69) is 12.2 Å². The van der Waals surface area contributed by atoms with E-state index in [1.54, 1.807) is 0 Å². The molecule has 1 atom stereocenters. The van der Waals surface area contributed by atoms with Gasteiger partial charge in [0.1, 0.15) is 0 Å². The molecule has 1 unspecified atom stereocenters. The molecule has 1 amide bonds. The molecule has 2 rings (SSSR count). The third-order valence-corrected chi connectivity index (χ3v) is 4.08. The normalized spacial score (nSPS) is 27.7. The van der Waals surface area contributed by atoms with Crippen molar-refractivity contribution in [3.8, 4) is 0 Å².